The minimum absolute atomic E-state index is 0. The first-order valence-corrected chi connectivity index (χ1v) is 20.2. The molecular weight excluding hydrogens is 652 g/mol. The van der Waals surface area contributed by atoms with Crippen LogP contribution in [0.2, 0.25) is 0 Å². The van der Waals surface area contributed by atoms with Gasteiger partial charge in [-0.1, -0.05) is 129 Å². The van der Waals surface area contributed by atoms with Gasteiger partial charge in [0.15, 0.2) is 0 Å². The molecule has 50 heavy (non-hydrogen) atoms. The minimum atomic E-state index is -0.265. The van der Waals surface area contributed by atoms with Gasteiger partial charge in [-0.3, -0.25) is 0 Å². The van der Waals surface area contributed by atoms with E-state index in [9.17, 15) is 0 Å². The third-order valence-corrected chi connectivity index (χ3v) is 8.98. The number of nitrogens with zero attached hydrogens (tertiary/aromatic N) is 4. The molecule has 10 heteroatoms. The first-order valence-electron chi connectivity index (χ1n) is 20.2. The third kappa shape index (κ3) is 28.0. The molecule has 292 valence electrons. The normalized spacial score (nSPS) is 13.2. The van der Waals surface area contributed by atoms with Crippen molar-refractivity contribution in [3.05, 3.63) is 30.9 Å². The van der Waals surface area contributed by atoms with Crippen LogP contribution in [0.3, 0.4) is 0 Å². The summed E-state index contributed by atoms with van der Waals surface area (Å²) in [6.45, 7) is 12.0. The van der Waals surface area contributed by atoms with Gasteiger partial charge in [0.2, 0.25) is 0 Å². The molecule has 1 aromatic rings. The van der Waals surface area contributed by atoms with Crippen LogP contribution in [0.5, 0.6) is 6.01 Å². The van der Waals surface area contributed by atoms with Crippen molar-refractivity contribution in [3.8, 4) is 6.01 Å². The second kappa shape index (κ2) is 35.7. The third-order valence-electron chi connectivity index (χ3n) is 8.98. The topological polar surface area (TPSA) is 78.4 Å². The molecule has 0 amide bonds. The summed E-state index contributed by atoms with van der Waals surface area (Å²) in [6.07, 6.45) is 34.5. The summed E-state index contributed by atoms with van der Waals surface area (Å²) < 4.78 is 29.3. The molecule has 0 N–H and O–H groups in total. The SMILES string of the molecule is CCCCCCCCCCCCCCCCCCOCC(COCCOCCOCCN1C=CN(CCCCCC)C1)Oc1ncccn1.Cl. The Kier molecular flexibility index (Phi) is 33.1. The Hall–Kier alpha value is -1.65. The zero-order valence-corrected chi connectivity index (χ0v) is 32.9. The Morgan fingerprint density at radius 1 is 0.520 bits per heavy atom. The molecule has 2 heterocycles. The van der Waals surface area contributed by atoms with Crippen LogP contribution in [0.25, 0.3) is 0 Å². The van der Waals surface area contributed by atoms with Gasteiger partial charge < -0.3 is 33.5 Å². The lowest BCUT2D eigenvalue weighted by Crippen LogP contribution is -2.30. The maximum atomic E-state index is 5.97. The number of aromatic nitrogens is 2. The molecule has 1 aromatic heterocycles. The van der Waals surface area contributed by atoms with Crippen LogP contribution in [-0.2, 0) is 18.9 Å². The fourth-order valence-electron chi connectivity index (χ4n) is 5.96. The lowest BCUT2D eigenvalue weighted by molar-refractivity contribution is -0.0309. The molecule has 0 spiro atoms. The smallest absolute Gasteiger partial charge is 0.316 e. The van der Waals surface area contributed by atoms with Gasteiger partial charge in [0.1, 0.15) is 6.10 Å². The van der Waals surface area contributed by atoms with Crippen molar-refractivity contribution in [1.82, 2.24) is 19.8 Å². The number of unbranched alkanes of at least 4 members (excludes halogenated alkanes) is 18. The maximum Gasteiger partial charge on any atom is 0.316 e. The van der Waals surface area contributed by atoms with Crippen LogP contribution in [0, 0.1) is 0 Å². The van der Waals surface area contributed by atoms with E-state index in [4.69, 9.17) is 23.7 Å². The summed E-state index contributed by atoms with van der Waals surface area (Å²) in [5.41, 5.74) is 0. The highest BCUT2D eigenvalue weighted by atomic mass is 35.5. The molecule has 1 unspecified atom stereocenters. The maximum absolute atomic E-state index is 5.97. The highest BCUT2D eigenvalue weighted by Gasteiger charge is 2.14. The fourth-order valence-corrected chi connectivity index (χ4v) is 5.96. The molecule has 1 aliphatic heterocycles. The van der Waals surface area contributed by atoms with Gasteiger partial charge in [0.05, 0.1) is 52.9 Å². The Morgan fingerprint density at radius 3 is 1.52 bits per heavy atom. The molecule has 0 saturated carbocycles. The zero-order chi connectivity index (χ0) is 34.7. The van der Waals surface area contributed by atoms with E-state index in [0.29, 0.717) is 52.3 Å². The molecule has 0 fully saturated rings. The lowest BCUT2D eigenvalue weighted by Gasteiger charge is -2.21. The van der Waals surface area contributed by atoms with E-state index >= 15 is 0 Å². The second-order valence-corrected chi connectivity index (χ2v) is 13.6. The molecule has 1 aliphatic rings. The van der Waals surface area contributed by atoms with Gasteiger partial charge in [-0.2, -0.15) is 0 Å². The number of hydrogen-bond donors (Lipinski definition) is 0. The molecule has 0 aliphatic carbocycles. The number of halogens is 1. The van der Waals surface area contributed by atoms with Crippen molar-refractivity contribution in [2.24, 2.45) is 0 Å². The highest BCUT2D eigenvalue weighted by Crippen LogP contribution is 2.14. The van der Waals surface area contributed by atoms with E-state index in [-0.39, 0.29) is 18.5 Å². The Labute approximate surface area is 313 Å². The van der Waals surface area contributed by atoms with Crippen molar-refractivity contribution in [2.45, 2.75) is 148 Å². The average Bonchev–Trinajstić information content (AvgIpc) is 3.58. The van der Waals surface area contributed by atoms with Crippen LogP contribution >= 0.6 is 12.4 Å². The van der Waals surface area contributed by atoms with Crippen LogP contribution in [0.4, 0.5) is 0 Å². The van der Waals surface area contributed by atoms with Crippen molar-refractivity contribution >= 4 is 12.4 Å². The van der Waals surface area contributed by atoms with Crippen molar-refractivity contribution in [2.75, 3.05) is 72.6 Å². The van der Waals surface area contributed by atoms with Crippen LogP contribution in [0.15, 0.2) is 30.9 Å². The molecule has 2 rings (SSSR count). The van der Waals surface area contributed by atoms with Gasteiger partial charge in [0.25, 0.3) is 0 Å². The zero-order valence-electron chi connectivity index (χ0n) is 32.1. The van der Waals surface area contributed by atoms with Gasteiger partial charge in [-0.15, -0.1) is 12.4 Å². The molecule has 1 atom stereocenters. The van der Waals surface area contributed by atoms with Gasteiger partial charge in [0, 0.05) is 44.5 Å². The number of rotatable bonds is 37. The monoisotopic (exact) mass is 727 g/mol. The van der Waals surface area contributed by atoms with Crippen molar-refractivity contribution < 1.29 is 23.7 Å². The van der Waals surface area contributed by atoms with E-state index < -0.39 is 0 Å². The molecule has 0 radical (unpaired) electrons. The minimum Gasteiger partial charge on any atom is -0.455 e. The average molecular weight is 728 g/mol. The highest BCUT2D eigenvalue weighted by molar-refractivity contribution is 5.85. The van der Waals surface area contributed by atoms with Gasteiger partial charge >= 0.3 is 6.01 Å². The fraction of sp³-hybridized carbons (Fsp3) is 0.850. The molecule has 0 saturated heterocycles. The first-order chi connectivity index (χ1) is 24.3. The predicted octanol–water partition coefficient (Wildman–Crippen LogP) is 9.60. The van der Waals surface area contributed by atoms with E-state index in [0.717, 1.165) is 32.8 Å². The van der Waals surface area contributed by atoms with Crippen LogP contribution in [-0.4, -0.2) is 98.5 Å². The van der Waals surface area contributed by atoms with E-state index in [2.05, 4.69) is 46.0 Å². The standard InChI is InChI=1S/C40H74N4O5.ClH/c1-3-5-7-9-10-11-12-13-14-15-16-17-18-19-20-22-30-47-36-39(49-40-41-24-23-25-42-40)37-48-35-34-46-33-32-45-31-29-44-28-27-43(38-44)26-21-8-6-4-2;/h23-25,27-28,39H,3-22,26,29-38H2,1-2H3;1H. The summed E-state index contributed by atoms with van der Waals surface area (Å²) >= 11 is 0. The lowest BCUT2D eigenvalue weighted by atomic mass is 10.0. The quantitative estimate of drug-likeness (QED) is 0.0623. The summed E-state index contributed by atoms with van der Waals surface area (Å²) in [6, 6.07) is 2.13. The predicted molar refractivity (Wildman–Crippen MR) is 208 cm³/mol. The van der Waals surface area contributed by atoms with Gasteiger partial charge in [-0.25, -0.2) is 9.97 Å². The van der Waals surface area contributed by atoms with E-state index in [1.807, 2.05) is 0 Å². The van der Waals surface area contributed by atoms with Crippen LogP contribution < -0.4 is 4.74 Å². The largest absolute Gasteiger partial charge is 0.455 e. The van der Waals surface area contributed by atoms with Gasteiger partial charge in [-0.05, 0) is 18.9 Å². The molecular formula is C40H75ClN4O5. The molecule has 0 aromatic carbocycles. The van der Waals surface area contributed by atoms with Crippen molar-refractivity contribution in [1.29, 1.82) is 0 Å². The number of ether oxygens (including phenoxy) is 5. The Bertz CT molecular complexity index is 856. The second-order valence-electron chi connectivity index (χ2n) is 13.6. The molecule has 9 nitrogen and oxygen atoms in total. The Morgan fingerprint density at radius 2 is 0.960 bits per heavy atom. The first kappa shape index (κ1) is 46.4. The summed E-state index contributed by atoms with van der Waals surface area (Å²) in [7, 11) is 0. The summed E-state index contributed by atoms with van der Waals surface area (Å²) in [5.74, 6) is 0. The van der Waals surface area contributed by atoms with E-state index in [1.165, 1.54) is 122 Å². The van der Waals surface area contributed by atoms with E-state index in [1.54, 1.807) is 18.5 Å². The summed E-state index contributed by atoms with van der Waals surface area (Å²) in [5, 5.41) is 0. The Balaban J connectivity index is 0.0000125. The number of hydrogen-bond acceptors (Lipinski definition) is 9. The molecule has 0 bridgehead atoms. The summed E-state index contributed by atoms with van der Waals surface area (Å²) in [4.78, 5) is 13.1. The van der Waals surface area contributed by atoms with Crippen LogP contribution in [0.1, 0.15) is 142 Å². The van der Waals surface area contributed by atoms with Crippen molar-refractivity contribution in [3.63, 3.8) is 0 Å².